The van der Waals surface area contributed by atoms with Gasteiger partial charge in [-0.1, -0.05) is 47.8 Å². The van der Waals surface area contributed by atoms with Crippen molar-refractivity contribution in [3.05, 3.63) is 18.2 Å². The number of hydrogen-bond donors (Lipinski definition) is 4. The van der Waals surface area contributed by atoms with Crippen LogP contribution in [0.2, 0.25) is 0 Å². The van der Waals surface area contributed by atoms with E-state index in [1.165, 1.54) is 6.33 Å². The highest BCUT2D eigenvalue weighted by molar-refractivity contribution is 9.10. The molecule has 8 nitrogen and oxygen atoms in total. The summed E-state index contributed by atoms with van der Waals surface area (Å²) in [5, 5.41) is 0.798. The summed E-state index contributed by atoms with van der Waals surface area (Å²) in [7, 11) is -4.88. The second-order valence-corrected chi connectivity index (χ2v) is 7.89. The number of aromatic nitrogens is 2. The molecule has 1 unspecified atom stereocenters. The number of nitrogens with two attached hydrogens (primary N) is 1. The van der Waals surface area contributed by atoms with Crippen molar-refractivity contribution in [2.45, 2.75) is 18.6 Å². The SMILES string of the molecule is N[C@@H](Cc1c[nH]cn1)C(=O)C(OP(=O)(O)O)C(CBr)(CBr)CBr. The number of halogens is 3. The van der Waals surface area contributed by atoms with Crippen LogP contribution in [0.25, 0.3) is 0 Å². The fourth-order valence-corrected chi connectivity index (χ4v) is 6.11. The van der Waals surface area contributed by atoms with Crippen LogP contribution in [-0.4, -0.2) is 53.7 Å². The Morgan fingerprint density at radius 2 is 1.96 bits per heavy atom. The third kappa shape index (κ3) is 6.00. The van der Waals surface area contributed by atoms with E-state index in [1.807, 2.05) is 0 Å². The monoisotopic (exact) mass is 539 g/mol. The number of ketones is 1. The van der Waals surface area contributed by atoms with Gasteiger partial charge < -0.3 is 20.5 Å². The van der Waals surface area contributed by atoms with E-state index < -0.39 is 31.2 Å². The van der Waals surface area contributed by atoms with E-state index in [-0.39, 0.29) is 22.4 Å². The van der Waals surface area contributed by atoms with Gasteiger partial charge in [-0.2, -0.15) is 0 Å². The molecule has 0 amide bonds. The van der Waals surface area contributed by atoms with Crippen LogP contribution in [0.3, 0.4) is 0 Å². The van der Waals surface area contributed by atoms with E-state index in [0.717, 1.165) is 0 Å². The molecule has 0 aliphatic carbocycles. The molecule has 0 aromatic carbocycles. The second-order valence-electron chi connectivity index (χ2n) is 5.01. The van der Waals surface area contributed by atoms with Gasteiger partial charge in [0.15, 0.2) is 5.78 Å². The summed E-state index contributed by atoms with van der Waals surface area (Å²) in [5.41, 5.74) is 5.56. The third-order valence-corrected chi connectivity index (χ3v) is 7.04. The maximum Gasteiger partial charge on any atom is 0.470 e. The molecule has 5 N–H and O–H groups in total. The predicted octanol–water partition coefficient (Wildman–Crippen LogP) is 1.50. The number of Topliss-reactive ketones (excluding diaryl/α,β-unsaturated/α-hetero) is 1. The highest BCUT2D eigenvalue weighted by Gasteiger charge is 2.46. The van der Waals surface area contributed by atoms with Gasteiger partial charge in [0.2, 0.25) is 0 Å². The van der Waals surface area contributed by atoms with Gasteiger partial charge in [-0.05, 0) is 0 Å². The molecule has 12 heteroatoms. The first-order valence-electron chi connectivity index (χ1n) is 6.38. The van der Waals surface area contributed by atoms with Crippen molar-refractivity contribution in [3.63, 3.8) is 0 Å². The first-order valence-corrected chi connectivity index (χ1v) is 11.3. The first-order chi connectivity index (χ1) is 10.7. The van der Waals surface area contributed by atoms with Gasteiger partial charge in [0.25, 0.3) is 0 Å². The number of imidazole rings is 1. The minimum atomic E-state index is -4.88. The summed E-state index contributed by atoms with van der Waals surface area (Å²) in [4.78, 5) is 37.7. The van der Waals surface area contributed by atoms with Gasteiger partial charge in [-0.3, -0.25) is 9.32 Å². The number of alkyl halides is 3. The zero-order valence-corrected chi connectivity index (χ0v) is 17.5. The zero-order chi connectivity index (χ0) is 17.7. The van der Waals surface area contributed by atoms with E-state index >= 15 is 0 Å². The van der Waals surface area contributed by atoms with E-state index in [9.17, 15) is 9.36 Å². The molecule has 0 spiro atoms. The lowest BCUT2D eigenvalue weighted by Gasteiger charge is -2.36. The number of rotatable bonds is 10. The van der Waals surface area contributed by atoms with Gasteiger partial charge >= 0.3 is 7.82 Å². The van der Waals surface area contributed by atoms with Gasteiger partial charge in [0.05, 0.1) is 18.1 Å². The number of phosphoric ester groups is 1. The van der Waals surface area contributed by atoms with Gasteiger partial charge in [-0.25, -0.2) is 9.55 Å². The summed E-state index contributed by atoms with van der Waals surface area (Å²) in [5.74, 6) is -0.602. The van der Waals surface area contributed by atoms with Gasteiger partial charge in [0.1, 0.15) is 6.10 Å². The Hall–Kier alpha value is 0.390. The molecule has 2 atom stereocenters. The summed E-state index contributed by atoms with van der Waals surface area (Å²) < 4.78 is 16.1. The van der Waals surface area contributed by atoms with Gasteiger partial charge in [-0.15, -0.1) is 0 Å². The smallest absolute Gasteiger partial charge is 0.351 e. The molecule has 23 heavy (non-hydrogen) atoms. The van der Waals surface area contributed by atoms with Crippen LogP contribution in [-0.2, 0) is 20.3 Å². The maximum atomic E-state index is 12.7. The second kappa shape index (κ2) is 9.19. The van der Waals surface area contributed by atoms with E-state index in [2.05, 4.69) is 57.8 Å². The molecule has 0 saturated carbocycles. The van der Waals surface area contributed by atoms with E-state index in [1.54, 1.807) is 6.20 Å². The fourth-order valence-electron chi connectivity index (χ4n) is 1.84. The highest BCUT2D eigenvalue weighted by atomic mass is 79.9. The summed E-state index contributed by atoms with van der Waals surface area (Å²) in [6.07, 6.45) is 1.79. The number of carbonyl (C=O) groups excluding carboxylic acids is 1. The maximum absolute atomic E-state index is 12.7. The van der Waals surface area contributed by atoms with Crippen LogP contribution in [0, 0.1) is 5.41 Å². The van der Waals surface area contributed by atoms with Crippen LogP contribution >= 0.6 is 55.6 Å². The molecule has 0 fully saturated rings. The summed E-state index contributed by atoms with van der Waals surface area (Å²) in [6, 6.07) is -1.01. The average molecular weight is 542 g/mol. The normalized spacial score (nSPS) is 15.4. The van der Waals surface area contributed by atoms with Crippen molar-refractivity contribution in [1.82, 2.24) is 9.97 Å². The molecular weight excluding hydrogens is 525 g/mol. The molecule has 0 bridgehead atoms. The molecule has 132 valence electrons. The number of H-pyrrole nitrogens is 1. The van der Waals surface area contributed by atoms with Crippen molar-refractivity contribution in [2.24, 2.45) is 11.1 Å². The van der Waals surface area contributed by atoms with Crippen molar-refractivity contribution in [1.29, 1.82) is 0 Å². The quantitative estimate of drug-likeness (QED) is 0.260. The largest absolute Gasteiger partial charge is 0.470 e. The first kappa shape index (κ1) is 21.4. The minimum Gasteiger partial charge on any atom is -0.351 e. The van der Waals surface area contributed by atoms with E-state index in [4.69, 9.17) is 20.0 Å². The Bertz CT molecular complexity index is 541. The predicted molar refractivity (Wildman–Crippen MR) is 96.0 cm³/mol. The van der Waals surface area contributed by atoms with Crippen molar-refractivity contribution in [3.8, 4) is 0 Å². The lowest BCUT2D eigenvalue weighted by molar-refractivity contribution is -0.132. The summed E-state index contributed by atoms with van der Waals surface area (Å²) >= 11 is 9.83. The Kier molecular flexibility index (Phi) is 8.56. The Balaban J connectivity index is 3.07. The number of phosphoric acid groups is 1. The Labute approximate surface area is 158 Å². The average Bonchev–Trinajstić information content (AvgIpc) is 2.99. The number of carbonyl (C=O) groups is 1. The molecule has 0 saturated heterocycles. The molecule has 0 aliphatic heterocycles. The van der Waals surface area contributed by atoms with Crippen LogP contribution in [0.1, 0.15) is 5.69 Å². The molecular formula is C11H17Br3N3O5P. The summed E-state index contributed by atoms with van der Waals surface area (Å²) in [6.45, 7) is 0. The number of nitrogens with zero attached hydrogens (tertiary/aromatic N) is 1. The third-order valence-electron chi connectivity index (χ3n) is 3.21. The van der Waals surface area contributed by atoms with Crippen LogP contribution in [0.4, 0.5) is 0 Å². The van der Waals surface area contributed by atoms with Crippen LogP contribution in [0.15, 0.2) is 12.5 Å². The number of hydrogen-bond acceptors (Lipinski definition) is 5. The molecule has 1 aromatic rings. The molecule has 1 heterocycles. The molecule has 1 rings (SSSR count). The van der Waals surface area contributed by atoms with Crippen molar-refractivity contribution >= 4 is 61.4 Å². The standard InChI is InChI=1S/C11H17Br3N3O5P/c12-3-11(4-13,5-14)10(22-23(19,20)21)9(18)8(15)1-7-2-16-6-17-7/h2,6,8,10H,1,3-5,15H2,(H,16,17)(H2,19,20,21)/t8-,10?/m0/s1. The highest BCUT2D eigenvalue weighted by Crippen LogP contribution is 2.44. The fraction of sp³-hybridized carbons (Fsp3) is 0.636. The molecule has 1 aromatic heterocycles. The van der Waals surface area contributed by atoms with E-state index in [0.29, 0.717) is 5.69 Å². The lowest BCUT2D eigenvalue weighted by Crippen LogP contribution is -2.52. The number of nitrogens with one attached hydrogen (secondary N) is 1. The van der Waals surface area contributed by atoms with Crippen LogP contribution in [0.5, 0.6) is 0 Å². The Morgan fingerprint density at radius 3 is 2.35 bits per heavy atom. The molecule has 0 radical (unpaired) electrons. The minimum absolute atomic E-state index is 0.131. The van der Waals surface area contributed by atoms with Crippen molar-refractivity contribution < 1.29 is 23.7 Å². The molecule has 0 aliphatic rings. The number of aromatic amines is 1. The van der Waals surface area contributed by atoms with Crippen molar-refractivity contribution in [2.75, 3.05) is 16.0 Å². The van der Waals surface area contributed by atoms with Crippen LogP contribution < -0.4 is 5.73 Å². The lowest BCUT2D eigenvalue weighted by atomic mass is 9.83. The van der Waals surface area contributed by atoms with Gasteiger partial charge in [0, 0.05) is 34.0 Å². The Morgan fingerprint density at radius 1 is 1.39 bits per heavy atom. The topological polar surface area (TPSA) is 139 Å². The zero-order valence-electron chi connectivity index (χ0n) is 11.9.